The summed E-state index contributed by atoms with van der Waals surface area (Å²) in [5.41, 5.74) is 4.29. The molecule has 1 aromatic carbocycles. The zero-order valence-electron chi connectivity index (χ0n) is 15.2. The lowest BCUT2D eigenvalue weighted by molar-refractivity contribution is 0.0849. The molecule has 0 N–H and O–H groups in total. The Morgan fingerprint density at radius 2 is 1.84 bits per heavy atom. The molecule has 1 fully saturated rings. The molecule has 1 atom stereocenters. The van der Waals surface area contributed by atoms with Crippen LogP contribution in [0.4, 0.5) is 0 Å². The zero-order chi connectivity index (χ0) is 17.1. The summed E-state index contributed by atoms with van der Waals surface area (Å²) in [5, 5.41) is 0. The average Bonchev–Trinajstić information content (AvgIpc) is 2.68. The standard InChI is InChI=1S/C21H28N4/c1-2-21-22-10-9-19(23-21)16-24-11-13-25(14-12-24)20-8-7-17-5-3-4-6-18(17)15-20/h3-6,9-10,20H,2,7-8,11-16H2,1H3/t20-/m0/s1. The molecule has 2 aliphatic rings. The second kappa shape index (κ2) is 7.63. The van der Waals surface area contributed by atoms with Gasteiger partial charge in [-0.1, -0.05) is 31.2 Å². The number of rotatable bonds is 4. The van der Waals surface area contributed by atoms with Crippen molar-refractivity contribution in [2.75, 3.05) is 26.2 Å². The van der Waals surface area contributed by atoms with E-state index in [0.29, 0.717) is 0 Å². The lowest BCUT2D eigenvalue weighted by Gasteiger charge is -2.41. The molecule has 1 saturated heterocycles. The molecule has 2 aromatic rings. The van der Waals surface area contributed by atoms with E-state index in [2.05, 4.69) is 57.0 Å². The molecule has 0 saturated carbocycles. The SMILES string of the molecule is CCc1nccc(CN2CCN([C@H]3CCc4ccccc4C3)CC2)n1. The summed E-state index contributed by atoms with van der Waals surface area (Å²) in [6, 6.07) is 11.8. The van der Waals surface area contributed by atoms with Crippen LogP contribution in [0, 0.1) is 0 Å². The summed E-state index contributed by atoms with van der Waals surface area (Å²) in [5.74, 6) is 0.956. The molecule has 4 heteroatoms. The van der Waals surface area contributed by atoms with Gasteiger partial charge in [0.05, 0.1) is 5.69 Å². The van der Waals surface area contributed by atoms with E-state index < -0.39 is 0 Å². The third-order valence-electron chi connectivity index (χ3n) is 5.71. The Hall–Kier alpha value is -1.78. The molecular weight excluding hydrogens is 308 g/mol. The first-order valence-electron chi connectivity index (χ1n) is 9.66. The minimum absolute atomic E-state index is 0.725. The lowest BCUT2D eigenvalue weighted by Crippen LogP contribution is -2.51. The number of piperazine rings is 1. The highest BCUT2D eigenvalue weighted by Gasteiger charge is 2.27. The second-order valence-corrected chi connectivity index (χ2v) is 7.30. The Morgan fingerprint density at radius 3 is 2.64 bits per heavy atom. The van der Waals surface area contributed by atoms with Crippen molar-refractivity contribution in [3.8, 4) is 0 Å². The molecule has 0 radical (unpaired) electrons. The topological polar surface area (TPSA) is 32.3 Å². The summed E-state index contributed by atoms with van der Waals surface area (Å²) in [6.45, 7) is 7.71. The summed E-state index contributed by atoms with van der Waals surface area (Å²) in [4.78, 5) is 14.2. The van der Waals surface area contributed by atoms with Crippen LogP contribution < -0.4 is 0 Å². The fourth-order valence-electron chi connectivity index (χ4n) is 4.21. The minimum atomic E-state index is 0.725. The summed E-state index contributed by atoms with van der Waals surface area (Å²) in [7, 11) is 0. The highest BCUT2D eigenvalue weighted by atomic mass is 15.3. The van der Waals surface area contributed by atoms with Crippen molar-refractivity contribution < 1.29 is 0 Å². The predicted octanol–water partition coefficient (Wildman–Crippen LogP) is 2.71. The van der Waals surface area contributed by atoms with Gasteiger partial charge >= 0.3 is 0 Å². The van der Waals surface area contributed by atoms with Crippen LogP contribution in [0.3, 0.4) is 0 Å². The van der Waals surface area contributed by atoms with E-state index in [-0.39, 0.29) is 0 Å². The Bertz CT molecular complexity index is 707. The first-order valence-corrected chi connectivity index (χ1v) is 9.66. The van der Waals surface area contributed by atoms with E-state index in [9.17, 15) is 0 Å². The van der Waals surface area contributed by atoms with Crippen LogP contribution in [0.1, 0.15) is 36.0 Å². The lowest BCUT2D eigenvalue weighted by atomic mass is 9.87. The third kappa shape index (κ3) is 3.91. The summed E-state index contributed by atoms with van der Waals surface area (Å²) < 4.78 is 0. The van der Waals surface area contributed by atoms with Gasteiger partial charge in [-0.25, -0.2) is 9.97 Å². The van der Waals surface area contributed by atoms with Crippen molar-refractivity contribution in [2.24, 2.45) is 0 Å². The number of nitrogens with zero attached hydrogens (tertiary/aromatic N) is 4. The van der Waals surface area contributed by atoms with Crippen molar-refractivity contribution in [1.82, 2.24) is 19.8 Å². The molecule has 1 aliphatic carbocycles. The van der Waals surface area contributed by atoms with Crippen LogP contribution in [0.15, 0.2) is 36.5 Å². The fourth-order valence-corrected chi connectivity index (χ4v) is 4.21. The largest absolute Gasteiger partial charge is 0.298 e. The normalized spacial score (nSPS) is 21.9. The highest BCUT2D eigenvalue weighted by Crippen LogP contribution is 2.25. The molecule has 1 aromatic heterocycles. The van der Waals surface area contributed by atoms with Crippen molar-refractivity contribution >= 4 is 0 Å². The van der Waals surface area contributed by atoms with Gasteiger partial charge in [0.2, 0.25) is 0 Å². The summed E-state index contributed by atoms with van der Waals surface area (Å²) >= 11 is 0. The monoisotopic (exact) mass is 336 g/mol. The van der Waals surface area contributed by atoms with Gasteiger partial charge in [-0.2, -0.15) is 0 Å². The Kier molecular flexibility index (Phi) is 5.09. The summed E-state index contributed by atoms with van der Waals surface area (Å²) in [6.07, 6.45) is 6.58. The number of fused-ring (bicyclic) bond motifs is 1. The maximum atomic E-state index is 4.65. The molecule has 1 aliphatic heterocycles. The van der Waals surface area contributed by atoms with Gasteiger partial charge in [0.15, 0.2) is 0 Å². The molecule has 0 bridgehead atoms. The highest BCUT2D eigenvalue weighted by molar-refractivity contribution is 5.30. The van der Waals surface area contributed by atoms with Gasteiger partial charge in [-0.15, -0.1) is 0 Å². The molecule has 0 amide bonds. The van der Waals surface area contributed by atoms with Crippen LogP contribution in [-0.2, 0) is 25.8 Å². The molecule has 2 heterocycles. The van der Waals surface area contributed by atoms with E-state index >= 15 is 0 Å². The molecule has 25 heavy (non-hydrogen) atoms. The number of hydrogen-bond donors (Lipinski definition) is 0. The smallest absolute Gasteiger partial charge is 0.128 e. The van der Waals surface area contributed by atoms with Gasteiger partial charge in [-0.3, -0.25) is 9.80 Å². The minimum Gasteiger partial charge on any atom is -0.298 e. The maximum Gasteiger partial charge on any atom is 0.128 e. The molecular formula is C21H28N4. The van der Waals surface area contributed by atoms with Gasteiger partial charge in [0.1, 0.15) is 5.82 Å². The van der Waals surface area contributed by atoms with Gasteiger partial charge in [-0.05, 0) is 36.5 Å². The number of aryl methyl sites for hydroxylation is 2. The Balaban J connectivity index is 1.31. The average molecular weight is 336 g/mol. The van der Waals surface area contributed by atoms with Gasteiger partial charge in [0.25, 0.3) is 0 Å². The molecule has 132 valence electrons. The quantitative estimate of drug-likeness (QED) is 0.859. The molecule has 0 spiro atoms. The number of aromatic nitrogens is 2. The van der Waals surface area contributed by atoms with Gasteiger partial charge in [0, 0.05) is 51.4 Å². The molecule has 4 nitrogen and oxygen atoms in total. The van der Waals surface area contributed by atoms with E-state index in [1.807, 2.05) is 6.20 Å². The number of benzene rings is 1. The first-order chi connectivity index (χ1) is 12.3. The van der Waals surface area contributed by atoms with Crippen LogP contribution in [-0.4, -0.2) is 52.0 Å². The maximum absolute atomic E-state index is 4.65. The molecule has 0 unspecified atom stereocenters. The van der Waals surface area contributed by atoms with Crippen LogP contribution in [0.5, 0.6) is 0 Å². The van der Waals surface area contributed by atoms with E-state index in [4.69, 9.17) is 0 Å². The predicted molar refractivity (Wildman–Crippen MR) is 101 cm³/mol. The van der Waals surface area contributed by atoms with E-state index in [0.717, 1.165) is 43.6 Å². The van der Waals surface area contributed by atoms with E-state index in [1.54, 1.807) is 11.1 Å². The Morgan fingerprint density at radius 1 is 1.04 bits per heavy atom. The van der Waals surface area contributed by atoms with Crippen molar-refractivity contribution in [3.63, 3.8) is 0 Å². The fraction of sp³-hybridized carbons (Fsp3) is 0.524. The van der Waals surface area contributed by atoms with Crippen LogP contribution in [0.25, 0.3) is 0 Å². The van der Waals surface area contributed by atoms with Crippen molar-refractivity contribution in [1.29, 1.82) is 0 Å². The van der Waals surface area contributed by atoms with Crippen molar-refractivity contribution in [2.45, 2.75) is 45.2 Å². The van der Waals surface area contributed by atoms with Crippen molar-refractivity contribution in [3.05, 3.63) is 59.2 Å². The Labute approximate surface area is 150 Å². The zero-order valence-corrected chi connectivity index (χ0v) is 15.2. The molecule has 4 rings (SSSR count). The number of hydrogen-bond acceptors (Lipinski definition) is 4. The van der Waals surface area contributed by atoms with Gasteiger partial charge < -0.3 is 0 Å². The second-order valence-electron chi connectivity index (χ2n) is 7.30. The van der Waals surface area contributed by atoms with Crippen LogP contribution in [0.2, 0.25) is 0 Å². The van der Waals surface area contributed by atoms with Crippen LogP contribution >= 0.6 is 0 Å². The first kappa shape index (κ1) is 16.7. The van der Waals surface area contributed by atoms with E-state index in [1.165, 1.54) is 32.4 Å². The third-order valence-corrected chi connectivity index (χ3v) is 5.71.